The molecule has 0 spiro atoms. The van der Waals surface area contributed by atoms with Crippen LogP contribution in [0, 0.1) is 11.8 Å². The van der Waals surface area contributed by atoms with E-state index in [2.05, 4.69) is 4.90 Å². The van der Waals surface area contributed by atoms with Crippen LogP contribution in [-0.2, 0) is 0 Å². The van der Waals surface area contributed by atoms with Gasteiger partial charge in [-0.3, -0.25) is 4.90 Å². The molecule has 130 valence electrons. The predicted octanol–water partition coefficient (Wildman–Crippen LogP) is 2.95. The third-order valence-electron chi connectivity index (χ3n) is 5.04. The fraction of sp³-hybridized carbons (Fsp3) is 0.667. The highest BCUT2D eigenvalue weighted by atomic mass is 35.5. The molecule has 1 saturated carbocycles. The topological polar surface area (TPSA) is 47.7 Å². The lowest BCUT2D eigenvalue weighted by atomic mass is 9.78. The first-order valence-corrected chi connectivity index (χ1v) is 8.60. The summed E-state index contributed by atoms with van der Waals surface area (Å²) in [5.41, 5.74) is 6.28. The summed E-state index contributed by atoms with van der Waals surface area (Å²) in [6, 6.07) is 8.31. The normalized spacial score (nSPS) is 27.1. The van der Waals surface area contributed by atoms with Crippen LogP contribution in [0.4, 0.5) is 0 Å². The molecule has 1 aliphatic heterocycles. The second-order valence-corrected chi connectivity index (χ2v) is 6.51. The number of hydrogen-bond donors (Lipinski definition) is 1. The maximum absolute atomic E-state index is 6.28. The van der Waals surface area contributed by atoms with Crippen molar-refractivity contribution in [2.75, 3.05) is 32.8 Å². The molecule has 23 heavy (non-hydrogen) atoms. The highest BCUT2D eigenvalue weighted by Crippen LogP contribution is 2.35. The van der Waals surface area contributed by atoms with E-state index in [1.54, 1.807) is 0 Å². The summed E-state index contributed by atoms with van der Waals surface area (Å²) in [4.78, 5) is 2.52. The molecule has 1 aliphatic carbocycles. The summed E-state index contributed by atoms with van der Waals surface area (Å²) in [5.74, 6) is 3.18. The van der Waals surface area contributed by atoms with Crippen LogP contribution in [0.1, 0.15) is 26.2 Å². The summed E-state index contributed by atoms with van der Waals surface area (Å²) < 4.78 is 11.5. The van der Waals surface area contributed by atoms with Crippen molar-refractivity contribution in [1.29, 1.82) is 0 Å². The Hall–Kier alpha value is -0.970. The average molecular weight is 341 g/mol. The number of likely N-dealkylation sites (tertiary alicyclic amines) is 1. The van der Waals surface area contributed by atoms with Crippen LogP contribution in [-0.4, -0.2) is 43.8 Å². The second-order valence-electron chi connectivity index (χ2n) is 6.51. The van der Waals surface area contributed by atoms with Gasteiger partial charge in [0.15, 0.2) is 11.5 Å². The molecule has 2 fully saturated rings. The molecule has 2 aliphatic rings. The number of rotatable bonds is 6. The van der Waals surface area contributed by atoms with E-state index in [0.29, 0.717) is 25.2 Å². The molecule has 3 atom stereocenters. The minimum absolute atomic E-state index is 0. The van der Waals surface area contributed by atoms with E-state index in [4.69, 9.17) is 15.2 Å². The van der Waals surface area contributed by atoms with Crippen molar-refractivity contribution in [3.8, 4) is 11.5 Å². The molecule has 1 aromatic carbocycles. The van der Waals surface area contributed by atoms with Gasteiger partial charge in [-0.15, -0.1) is 12.4 Å². The average Bonchev–Trinajstić information content (AvgIpc) is 2.94. The summed E-state index contributed by atoms with van der Waals surface area (Å²) in [6.07, 6.45) is 3.85. The van der Waals surface area contributed by atoms with Crippen molar-refractivity contribution < 1.29 is 9.47 Å². The lowest BCUT2D eigenvalue weighted by molar-refractivity contribution is 0.220. The van der Waals surface area contributed by atoms with E-state index >= 15 is 0 Å². The Balaban J connectivity index is 0.00000192. The molecule has 0 radical (unpaired) electrons. The summed E-state index contributed by atoms with van der Waals surface area (Å²) >= 11 is 0. The number of halogens is 1. The number of para-hydroxylation sites is 2. The van der Waals surface area contributed by atoms with Crippen LogP contribution in [0.5, 0.6) is 11.5 Å². The third kappa shape index (κ3) is 4.52. The van der Waals surface area contributed by atoms with E-state index in [0.717, 1.165) is 30.5 Å². The molecular formula is C18H29ClN2O2. The van der Waals surface area contributed by atoms with Crippen molar-refractivity contribution in [3.63, 3.8) is 0 Å². The van der Waals surface area contributed by atoms with E-state index in [1.807, 2.05) is 31.2 Å². The first-order valence-electron chi connectivity index (χ1n) is 8.60. The Labute approximate surface area is 145 Å². The fourth-order valence-corrected chi connectivity index (χ4v) is 3.92. The van der Waals surface area contributed by atoms with Gasteiger partial charge < -0.3 is 15.2 Å². The Kier molecular flexibility index (Phi) is 7.00. The smallest absolute Gasteiger partial charge is 0.161 e. The van der Waals surface area contributed by atoms with E-state index in [-0.39, 0.29) is 12.4 Å². The highest BCUT2D eigenvalue weighted by molar-refractivity contribution is 5.85. The predicted molar refractivity (Wildman–Crippen MR) is 95.6 cm³/mol. The molecule has 5 heteroatoms. The molecule has 1 heterocycles. The fourth-order valence-electron chi connectivity index (χ4n) is 3.92. The zero-order chi connectivity index (χ0) is 15.4. The van der Waals surface area contributed by atoms with E-state index < -0.39 is 0 Å². The minimum atomic E-state index is 0. The molecule has 3 rings (SSSR count). The van der Waals surface area contributed by atoms with Gasteiger partial charge in [-0.1, -0.05) is 18.6 Å². The molecular weight excluding hydrogens is 312 g/mol. The molecule has 1 aromatic rings. The summed E-state index contributed by atoms with van der Waals surface area (Å²) in [6.45, 7) is 6.66. The first-order chi connectivity index (χ1) is 10.8. The number of nitrogens with two attached hydrogens (primary N) is 1. The van der Waals surface area contributed by atoms with Crippen LogP contribution in [0.25, 0.3) is 0 Å². The second kappa shape index (κ2) is 8.76. The number of benzene rings is 1. The van der Waals surface area contributed by atoms with Crippen LogP contribution < -0.4 is 15.2 Å². The lowest BCUT2D eigenvalue weighted by Gasteiger charge is -2.29. The Morgan fingerprint density at radius 2 is 1.87 bits per heavy atom. The van der Waals surface area contributed by atoms with Crippen LogP contribution in [0.2, 0.25) is 0 Å². The van der Waals surface area contributed by atoms with Gasteiger partial charge in [0, 0.05) is 25.7 Å². The molecule has 0 amide bonds. The minimum Gasteiger partial charge on any atom is -0.490 e. The molecule has 0 aromatic heterocycles. The van der Waals surface area contributed by atoms with Gasteiger partial charge in [0.25, 0.3) is 0 Å². The molecule has 2 N–H and O–H groups in total. The highest BCUT2D eigenvalue weighted by Gasteiger charge is 2.38. The standard InChI is InChI=1S/C18H28N2O2.ClH/c1-2-21-17-8-3-4-9-18(17)22-11-10-20-12-14-6-5-7-16(19)15(14)13-20;/h3-4,8-9,14-16H,2,5-7,10-13,19H2,1H3;1H. The van der Waals surface area contributed by atoms with Crippen molar-refractivity contribution in [2.45, 2.75) is 32.2 Å². The maximum atomic E-state index is 6.28. The molecule has 4 nitrogen and oxygen atoms in total. The van der Waals surface area contributed by atoms with Gasteiger partial charge in [0.2, 0.25) is 0 Å². The Morgan fingerprint density at radius 1 is 1.13 bits per heavy atom. The third-order valence-corrected chi connectivity index (χ3v) is 5.04. The van der Waals surface area contributed by atoms with Gasteiger partial charge in [-0.2, -0.15) is 0 Å². The summed E-state index contributed by atoms with van der Waals surface area (Å²) in [5, 5.41) is 0. The number of hydrogen-bond acceptors (Lipinski definition) is 4. The Bertz CT molecular complexity index is 486. The van der Waals surface area contributed by atoms with Crippen molar-refractivity contribution in [2.24, 2.45) is 17.6 Å². The van der Waals surface area contributed by atoms with Gasteiger partial charge in [-0.05, 0) is 43.7 Å². The van der Waals surface area contributed by atoms with Gasteiger partial charge >= 0.3 is 0 Å². The van der Waals surface area contributed by atoms with Gasteiger partial charge in [-0.25, -0.2) is 0 Å². The van der Waals surface area contributed by atoms with Crippen LogP contribution in [0.3, 0.4) is 0 Å². The number of nitrogens with zero attached hydrogens (tertiary/aromatic N) is 1. The van der Waals surface area contributed by atoms with Crippen molar-refractivity contribution >= 4 is 12.4 Å². The molecule has 3 unspecified atom stereocenters. The number of fused-ring (bicyclic) bond motifs is 1. The summed E-state index contributed by atoms with van der Waals surface area (Å²) in [7, 11) is 0. The first kappa shape index (κ1) is 18.4. The number of ether oxygens (including phenoxy) is 2. The van der Waals surface area contributed by atoms with E-state index in [9.17, 15) is 0 Å². The SMILES string of the molecule is CCOc1ccccc1OCCN1CC2CCCC(N)C2C1.Cl. The molecule has 1 saturated heterocycles. The molecule has 0 bridgehead atoms. The van der Waals surface area contributed by atoms with Crippen LogP contribution >= 0.6 is 12.4 Å². The quantitative estimate of drug-likeness (QED) is 0.865. The zero-order valence-electron chi connectivity index (χ0n) is 13.9. The van der Waals surface area contributed by atoms with Crippen molar-refractivity contribution in [3.05, 3.63) is 24.3 Å². The van der Waals surface area contributed by atoms with Gasteiger partial charge in [0.1, 0.15) is 6.61 Å². The largest absolute Gasteiger partial charge is 0.490 e. The van der Waals surface area contributed by atoms with Gasteiger partial charge in [0.05, 0.1) is 6.61 Å². The maximum Gasteiger partial charge on any atom is 0.161 e. The monoisotopic (exact) mass is 340 g/mol. The van der Waals surface area contributed by atoms with E-state index in [1.165, 1.54) is 25.8 Å². The van der Waals surface area contributed by atoms with Crippen molar-refractivity contribution in [1.82, 2.24) is 4.90 Å². The lowest BCUT2D eigenvalue weighted by Crippen LogP contribution is -2.38. The Morgan fingerprint density at radius 3 is 2.57 bits per heavy atom. The zero-order valence-corrected chi connectivity index (χ0v) is 14.8. The van der Waals surface area contributed by atoms with Crippen LogP contribution in [0.15, 0.2) is 24.3 Å².